The molecule has 0 saturated carbocycles. The molecule has 1 fully saturated rings. The predicted molar refractivity (Wildman–Crippen MR) is 71.7 cm³/mol. The van der Waals surface area contributed by atoms with Crippen molar-refractivity contribution in [2.75, 3.05) is 32.7 Å². The van der Waals surface area contributed by atoms with Crippen LogP contribution >= 0.6 is 15.9 Å². The first-order valence-electron chi connectivity index (χ1n) is 5.74. The van der Waals surface area contributed by atoms with E-state index in [0.29, 0.717) is 0 Å². The van der Waals surface area contributed by atoms with Gasteiger partial charge in [0.25, 0.3) is 0 Å². The average molecular weight is 286 g/mol. The summed E-state index contributed by atoms with van der Waals surface area (Å²) >= 11 is 3.28. The van der Waals surface area contributed by atoms with E-state index in [9.17, 15) is 0 Å². The molecule has 0 aliphatic carbocycles. The molecule has 0 radical (unpaired) electrons. The molecule has 90 valence electrons. The molecular weight excluding hydrogens is 266 g/mol. The van der Waals surface area contributed by atoms with E-state index in [1.807, 2.05) is 19.1 Å². The highest BCUT2D eigenvalue weighted by atomic mass is 79.9. The monoisotopic (exact) mass is 285 g/mol. The van der Waals surface area contributed by atoms with E-state index >= 15 is 0 Å². The summed E-state index contributed by atoms with van der Waals surface area (Å²) in [5.41, 5.74) is 1.17. The fraction of sp³-hybridized carbons (Fsp3) is 0.583. The van der Waals surface area contributed by atoms with Crippen LogP contribution in [0, 0.1) is 6.92 Å². The van der Waals surface area contributed by atoms with Gasteiger partial charge >= 0.3 is 0 Å². The van der Waals surface area contributed by atoms with E-state index in [2.05, 4.69) is 38.1 Å². The van der Waals surface area contributed by atoms with E-state index < -0.39 is 0 Å². The highest BCUT2D eigenvalue weighted by Gasteiger charge is 2.04. The summed E-state index contributed by atoms with van der Waals surface area (Å²) < 4.78 is 0.931. The summed E-state index contributed by atoms with van der Waals surface area (Å²) in [4.78, 5) is 6.45. The summed E-state index contributed by atoms with van der Waals surface area (Å²) in [7, 11) is 0. The number of nitrogens with one attached hydrogen (secondary N) is 1. The predicted octanol–water partition coefficient (Wildman–Crippen LogP) is 2.06. The van der Waals surface area contributed by atoms with Gasteiger partial charge in [0.1, 0.15) is 4.60 Å². The molecule has 0 aromatic carbocycles. The van der Waals surface area contributed by atoms with Crippen LogP contribution in [0.5, 0.6) is 0 Å². The molecule has 1 aromatic rings. The van der Waals surface area contributed by atoms with Crippen LogP contribution in [-0.4, -0.2) is 42.6 Å². The quantitative estimate of drug-likeness (QED) is 0.801. The Morgan fingerprint density at radius 2 is 2.12 bits per heavy atom. The molecule has 1 N–H and O–H groups in total. The van der Waals surface area contributed by atoms with E-state index in [0.717, 1.165) is 4.60 Å². The number of likely N-dealkylation sites (N-methyl/N-ethyl adjacent to an activating group) is 1. The van der Waals surface area contributed by atoms with Gasteiger partial charge in [-0.05, 0) is 41.0 Å². The van der Waals surface area contributed by atoms with E-state index in [1.165, 1.54) is 38.3 Å². The maximum Gasteiger partial charge on any atom is 0.108 e. The molecule has 0 amide bonds. The maximum atomic E-state index is 4.00. The zero-order valence-electron chi connectivity index (χ0n) is 10.0. The van der Waals surface area contributed by atoms with Gasteiger partial charge in [-0.3, -0.25) is 0 Å². The van der Waals surface area contributed by atoms with Crippen molar-refractivity contribution in [1.82, 2.24) is 15.2 Å². The van der Waals surface area contributed by atoms with Crippen LogP contribution in [0.3, 0.4) is 0 Å². The minimum absolute atomic E-state index is 0.931. The first kappa shape index (κ1) is 13.6. The zero-order chi connectivity index (χ0) is 11.8. The minimum Gasteiger partial charge on any atom is -0.314 e. The summed E-state index contributed by atoms with van der Waals surface area (Å²) in [6.45, 7) is 10.2. The highest BCUT2D eigenvalue weighted by Crippen LogP contribution is 2.09. The molecule has 1 aliphatic heterocycles. The Morgan fingerprint density at radius 3 is 2.50 bits per heavy atom. The topological polar surface area (TPSA) is 28.2 Å². The first-order chi connectivity index (χ1) is 7.74. The van der Waals surface area contributed by atoms with Crippen molar-refractivity contribution in [2.45, 2.75) is 13.8 Å². The van der Waals surface area contributed by atoms with Crippen molar-refractivity contribution in [3.63, 3.8) is 0 Å². The SMILES string of the molecule is CCN1CCNCC1.Cc1cccnc1Br. The van der Waals surface area contributed by atoms with Crippen LogP contribution in [0.1, 0.15) is 12.5 Å². The molecular formula is C12H20BrN3. The minimum atomic E-state index is 0.931. The Labute approximate surface area is 106 Å². The molecule has 1 aliphatic rings. The number of halogens is 1. The lowest BCUT2D eigenvalue weighted by atomic mass is 10.3. The molecule has 1 aromatic heterocycles. The normalized spacial score (nSPS) is 16.4. The van der Waals surface area contributed by atoms with E-state index in [1.54, 1.807) is 6.20 Å². The van der Waals surface area contributed by atoms with Gasteiger partial charge in [0.15, 0.2) is 0 Å². The van der Waals surface area contributed by atoms with Crippen LogP contribution < -0.4 is 5.32 Å². The molecule has 3 nitrogen and oxygen atoms in total. The maximum absolute atomic E-state index is 4.00. The third-order valence-electron chi connectivity index (χ3n) is 2.60. The molecule has 2 heterocycles. The molecule has 0 spiro atoms. The lowest BCUT2D eigenvalue weighted by molar-refractivity contribution is 0.253. The van der Waals surface area contributed by atoms with Crippen molar-refractivity contribution in [2.24, 2.45) is 0 Å². The molecule has 16 heavy (non-hydrogen) atoms. The second-order valence-electron chi connectivity index (χ2n) is 3.80. The van der Waals surface area contributed by atoms with Gasteiger partial charge in [0, 0.05) is 32.4 Å². The molecule has 0 atom stereocenters. The van der Waals surface area contributed by atoms with Gasteiger partial charge in [-0.25, -0.2) is 4.98 Å². The first-order valence-corrected chi connectivity index (χ1v) is 6.53. The van der Waals surface area contributed by atoms with Gasteiger partial charge in [-0.1, -0.05) is 13.0 Å². The number of aromatic nitrogens is 1. The number of hydrogen-bond donors (Lipinski definition) is 1. The second-order valence-corrected chi connectivity index (χ2v) is 4.55. The number of pyridine rings is 1. The summed E-state index contributed by atoms with van der Waals surface area (Å²) in [6, 6.07) is 3.93. The number of aryl methyl sites for hydroxylation is 1. The third kappa shape index (κ3) is 5.05. The summed E-state index contributed by atoms with van der Waals surface area (Å²) in [5.74, 6) is 0. The van der Waals surface area contributed by atoms with Gasteiger partial charge in [-0.2, -0.15) is 0 Å². The van der Waals surface area contributed by atoms with Gasteiger partial charge in [-0.15, -0.1) is 0 Å². The van der Waals surface area contributed by atoms with Crippen LogP contribution in [0.15, 0.2) is 22.9 Å². The average Bonchev–Trinajstić information content (AvgIpc) is 2.35. The van der Waals surface area contributed by atoms with Gasteiger partial charge in [0.2, 0.25) is 0 Å². The highest BCUT2D eigenvalue weighted by molar-refractivity contribution is 9.10. The summed E-state index contributed by atoms with van der Waals surface area (Å²) in [6.07, 6.45) is 1.76. The molecule has 0 bridgehead atoms. The number of hydrogen-bond acceptors (Lipinski definition) is 3. The molecule has 4 heteroatoms. The molecule has 2 rings (SSSR count). The Kier molecular flexibility index (Phi) is 6.61. The standard InChI is InChI=1S/C6H6BrN.C6H14N2/c1-5-3-2-4-8-6(5)7;1-2-8-5-3-7-4-6-8/h2-4H,1H3;7H,2-6H2,1H3. The van der Waals surface area contributed by atoms with Crippen LogP contribution in [0.2, 0.25) is 0 Å². The van der Waals surface area contributed by atoms with E-state index in [-0.39, 0.29) is 0 Å². The number of nitrogens with zero attached hydrogens (tertiary/aromatic N) is 2. The van der Waals surface area contributed by atoms with Crippen molar-refractivity contribution < 1.29 is 0 Å². The number of rotatable bonds is 1. The summed E-state index contributed by atoms with van der Waals surface area (Å²) in [5, 5.41) is 3.31. The van der Waals surface area contributed by atoms with Crippen molar-refractivity contribution >= 4 is 15.9 Å². The van der Waals surface area contributed by atoms with Crippen LogP contribution in [0.4, 0.5) is 0 Å². The largest absolute Gasteiger partial charge is 0.314 e. The fourth-order valence-corrected chi connectivity index (χ4v) is 1.74. The van der Waals surface area contributed by atoms with Gasteiger partial charge < -0.3 is 10.2 Å². The molecule has 0 unspecified atom stereocenters. The Balaban J connectivity index is 0.000000160. The smallest absolute Gasteiger partial charge is 0.108 e. The second kappa shape index (κ2) is 7.76. The number of piperazine rings is 1. The lowest BCUT2D eigenvalue weighted by Crippen LogP contribution is -2.43. The molecule has 1 saturated heterocycles. The van der Waals surface area contributed by atoms with Crippen molar-refractivity contribution in [3.8, 4) is 0 Å². The van der Waals surface area contributed by atoms with Crippen molar-refractivity contribution in [1.29, 1.82) is 0 Å². The Hall–Kier alpha value is -0.450. The third-order valence-corrected chi connectivity index (χ3v) is 3.43. The Morgan fingerprint density at radius 1 is 1.44 bits per heavy atom. The lowest BCUT2D eigenvalue weighted by Gasteiger charge is -2.25. The van der Waals surface area contributed by atoms with E-state index in [4.69, 9.17) is 0 Å². The fourth-order valence-electron chi connectivity index (χ4n) is 1.49. The Bertz CT molecular complexity index is 277. The zero-order valence-corrected chi connectivity index (χ0v) is 11.6. The van der Waals surface area contributed by atoms with Crippen molar-refractivity contribution in [3.05, 3.63) is 28.5 Å². The van der Waals surface area contributed by atoms with Gasteiger partial charge in [0.05, 0.1) is 0 Å². The van der Waals surface area contributed by atoms with Crippen LogP contribution in [-0.2, 0) is 0 Å². The van der Waals surface area contributed by atoms with Crippen LogP contribution in [0.25, 0.3) is 0 Å².